The lowest BCUT2D eigenvalue weighted by molar-refractivity contribution is 0.0943. The van der Waals surface area contributed by atoms with E-state index in [9.17, 15) is 13.2 Å². The number of carbonyl (C=O) groups excluding carboxylic acids is 1. The summed E-state index contributed by atoms with van der Waals surface area (Å²) in [5.74, 6) is 0.459. The highest BCUT2D eigenvalue weighted by molar-refractivity contribution is 7.92. The van der Waals surface area contributed by atoms with Crippen LogP contribution in [0.15, 0.2) is 24.3 Å². The van der Waals surface area contributed by atoms with Crippen molar-refractivity contribution in [3.8, 4) is 5.75 Å². The van der Waals surface area contributed by atoms with Gasteiger partial charge in [-0.25, -0.2) is 17.7 Å². The standard InChI is InChI=1S/C16H21N3O4S2/c1-10(12-6-8-13(23-4)9-7-12)17-15(20)14-11(2)18-16(24-14)19(3)25(5,21)22/h6-10H,1-5H3,(H,17,20)/t10-/m1/s1. The summed E-state index contributed by atoms with van der Waals surface area (Å²) in [4.78, 5) is 17.1. The Kier molecular flexibility index (Phi) is 5.69. The number of amides is 1. The number of aryl methyl sites for hydroxylation is 1. The van der Waals surface area contributed by atoms with Gasteiger partial charge in [0.15, 0.2) is 5.13 Å². The third kappa shape index (κ3) is 4.49. The molecule has 2 rings (SSSR count). The number of nitrogens with one attached hydrogen (secondary N) is 1. The number of benzene rings is 1. The van der Waals surface area contributed by atoms with Crippen LogP contribution in [0.4, 0.5) is 5.13 Å². The van der Waals surface area contributed by atoms with Crippen LogP contribution in [0.5, 0.6) is 5.75 Å². The van der Waals surface area contributed by atoms with Crippen LogP contribution < -0.4 is 14.4 Å². The number of anilines is 1. The Morgan fingerprint density at radius 2 is 1.92 bits per heavy atom. The minimum absolute atomic E-state index is 0.212. The first-order valence-electron chi connectivity index (χ1n) is 7.49. The Bertz CT molecular complexity index is 860. The van der Waals surface area contributed by atoms with E-state index in [1.54, 1.807) is 14.0 Å². The van der Waals surface area contributed by atoms with E-state index >= 15 is 0 Å². The van der Waals surface area contributed by atoms with Gasteiger partial charge in [0, 0.05) is 7.05 Å². The maximum absolute atomic E-state index is 12.5. The smallest absolute Gasteiger partial charge is 0.263 e. The van der Waals surface area contributed by atoms with Crippen molar-refractivity contribution in [2.24, 2.45) is 0 Å². The van der Waals surface area contributed by atoms with E-state index < -0.39 is 10.0 Å². The zero-order chi connectivity index (χ0) is 18.8. The van der Waals surface area contributed by atoms with Gasteiger partial charge in [0.2, 0.25) is 10.0 Å². The molecule has 0 aliphatic heterocycles. The predicted molar refractivity (Wildman–Crippen MR) is 99.0 cm³/mol. The van der Waals surface area contributed by atoms with E-state index in [1.165, 1.54) is 7.05 Å². The molecular formula is C16H21N3O4S2. The van der Waals surface area contributed by atoms with Crippen molar-refractivity contribution in [2.75, 3.05) is 24.7 Å². The average molecular weight is 383 g/mol. The van der Waals surface area contributed by atoms with E-state index in [2.05, 4.69) is 10.3 Å². The number of ether oxygens (including phenoxy) is 1. The number of carbonyl (C=O) groups is 1. The van der Waals surface area contributed by atoms with Gasteiger partial charge in [-0.15, -0.1) is 0 Å². The molecule has 0 unspecified atom stereocenters. The zero-order valence-corrected chi connectivity index (χ0v) is 16.4. The summed E-state index contributed by atoms with van der Waals surface area (Å²) < 4.78 is 29.4. The lowest BCUT2D eigenvalue weighted by Crippen LogP contribution is -2.26. The summed E-state index contributed by atoms with van der Waals surface area (Å²) in [6.07, 6.45) is 1.09. The van der Waals surface area contributed by atoms with Gasteiger partial charge in [-0.05, 0) is 31.5 Å². The van der Waals surface area contributed by atoms with Gasteiger partial charge in [0.25, 0.3) is 5.91 Å². The SMILES string of the molecule is COc1ccc([C@@H](C)NC(=O)c2sc(N(C)S(C)(=O)=O)nc2C)cc1. The molecule has 1 atom stereocenters. The monoisotopic (exact) mass is 383 g/mol. The Labute approximate surface area is 151 Å². The van der Waals surface area contributed by atoms with Crippen LogP contribution in [0.25, 0.3) is 0 Å². The summed E-state index contributed by atoms with van der Waals surface area (Å²) in [6.45, 7) is 3.56. The number of aromatic nitrogens is 1. The van der Waals surface area contributed by atoms with Crippen LogP contribution in [-0.2, 0) is 10.0 Å². The highest BCUT2D eigenvalue weighted by atomic mass is 32.2. The first-order chi connectivity index (χ1) is 11.6. The molecular weight excluding hydrogens is 362 g/mol. The van der Waals surface area contributed by atoms with Crippen LogP contribution in [0.2, 0.25) is 0 Å². The molecule has 1 N–H and O–H groups in total. The fraction of sp³-hybridized carbons (Fsp3) is 0.375. The number of rotatable bonds is 6. The molecule has 0 aliphatic carbocycles. The topological polar surface area (TPSA) is 88.6 Å². The first-order valence-corrected chi connectivity index (χ1v) is 10.2. The molecule has 0 saturated heterocycles. The second-order valence-electron chi connectivity index (χ2n) is 5.61. The Morgan fingerprint density at radius 1 is 1.32 bits per heavy atom. The summed E-state index contributed by atoms with van der Waals surface area (Å²) in [7, 11) is -0.413. The molecule has 0 fully saturated rings. The Balaban J connectivity index is 2.16. The fourth-order valence-electron chi connectivity index (χ4n) is 2.11. The van der Waals surface area contributed by atoms with E-state index in [0.29, 0.717) is 10.6 Å². The van der Waals surface area contributed by atoms with Gasteiger partial charge in [-0.1, -0.05) is 23.5 Å². The van der Waals surface area contributed by atoms with Gasteiger partial charge >= 0.3 is 0 Å². The van der Waals surface area contributed by atoms with Gasteiger partial charge in [0.05, 0.1) is 25.1 Å². The normalized spacial score (nSPS) is 12.5. The van der Waals surface area contributed by atoms with Crippen LogP contribution in [0.3, 0.4) is 0 Å². The molecule has 1 heterocycles. The Hall–Kier alpha value is -2.13. The third-order valence-corrected chi connectivity index (χ3v) is 6.24. The molecule has 7 nitrogen and oxygen atoms in total. The van der Waals surface area contributed by atoms with Crippen LogP contribution in [0, 0.1) is 6.92 Å². The molecule has 25 heavy (non-hydrogen) atoms. The highest BCUT2D eigenvalue weighted by Crippen LogP contribution is 2.27. The molecule has 0 radical (unpaired) electrons. The second-order valence-corrected chi connectivity index (χ2v) is 8.60. The van der Waals surface area contributed by atoms with Crippen molar-refractivity contribution in [3.05, 3.63) is 40.4 Å². The molecule has 0 spiro atoms. The Morgan fingerprint density at radius 3 is 2.44 bits per heavy atom. The maximum Gasteiger partial charge on any atom is 0.263 e. The third-order valence-electron chi connectivity index (χ3n) is 3.72. The summed E-state index contributed by atoms with van der Waals surface area (Å²) in [5.41, 5.74) is 1.43. The number of hydrogen-bond donors (Lipinski definition) is 1. The van der Waals surface area contributed by atoms with Gasteiger partial charge < -0.3 is 10.1 Å². The predicted octanol–water partition coefficient (Wildman–Crippen LogP) is 2.35. The largest absolute Gasteiger partial charge is 0.497 e. The average Bonchev–Trinajstić information content (AvgIpc) is 2.95. The number of nitrogens with zero attached hydrogens (tertiary/aromatic N) is 2. The lowest BCUT2D eigenvalue weighted by Gasteiger charge is -2.14. The molecule has 2 aromatic rings. The highest BCUT2D eigenvalue weighted by Gasteiger charge is 2.22. The van der Waals surface area contributed by atoms with Gasteiger partial charge in [0.1, 0.15) is 10.6 Å². The van der Waals surface area contributed by atoms with Crippen LogP contribution >= 0.6 is 11.3 Å². The van der Waals surface area contributed by atoms with Crippen molar-refractivity contribution in [1.29, 1.82) is 0 Å². The molecule has 1 aromatic carbocycles. The molecule has 0 saturated carbocycles. The first kappa shape index (κ1) is 19.2. The van der Waals surface area contributed by atoms with Crippen molar-refractivity contribution in [3.63, 3.8) is 0 Å². The van der Waals surface area contributed by atoms with Gasteiger partial charge in [-0.2, -0.15) is 0 Å². The molecule has 0 bridgehead atoms. The van der Waals surface area contributed by atoms with Gasteiger partial charge in [-0.3, -0.25) is 4.79 Å². The quantitative estimate of drug-likeness (QED) is 0.827. The molecule has 1 amide bonds. The van der Waals surface area contributed by atoms with Crippen LogP contribution in [-0.4, -0.2) is 39.7 Å². The van der Waals surface area contributed by atoms with E-state index in [1.807, 2.05) is 31.2 Å². The minimum Gasteiger partial charge on any atom is -0.497 e. The fourth-order valence-corrected chi connectivity index (χ4v) is 3.79. The van der Waals surface area contributed by atoms with Crippen molar-refractivity contribution in [1.82, 2.24) is 10.3 Å². The lowest BCUT2D eigenvalue weighted by atomic mass is 10.1. The molecule has 1 aromatic heterocycles. The van der Waals surface area contributed by atoms with Crippen molar-refractivity contribution >= 4 is 32.4 Å². The second kappa shape index (κ2) is 7.40. The number of hydrogen-bond acceptors (Lipinski definition) is 6. The summed E-state index contributed by atoms with van der Waals surface area (Å²) in [5, 5.41) is 3.17. The van der Waals surface area contributed by atoms with Crippen molar-refractivity contribution < 1.29 is 17.9 Å². The van der Waals surface area contributed by atoms with E-state index in [0.717, 1.165) is 33.2 Å². The summed E-state index contributed by atoms with van der Waals surface area (Å²) in [6, 6.07) is 7.21. The zero-order valence-electron chi connectivity index (χ0n) is 14.7. The molecule has 9 heteroatoms. The molecule has 0 aliphatic rings. The van der Waals surface area contributed by atoms with Crippen molar-refractivity contribution in [2.45, 2.75) is 19.9 Å². The minimum atomic E-state index is -3.42. The van der Waals surface area contributed by atoms with Crippen LogP contribution in [0.1, 0.15) is 33.9 Å². The number of methoxy groups -OCH3 is 1. The number of thiazole rings is 1. The van der Waals surface area contributed by atoms with E-state index in [-0.39, 0.29) is 17.1 Å². The summed E-state index contributed by atoms with van der Waals surface area (Å²) >= 11 is 1.05. The maximum atomic E-state index is 12.5. The van der Waals surface area contributed by atoms with E-state index in [4.69, 9.17) is 4.74 Å². The molecule has 136 valence electrons. The number of sulfonamides is 1.